The molecule has 8 nitrogen and oxygen atoms in total. The van der Waals surface area contributed by atoms with Crippen LogP contribution in [0.5, 0.6) is 0 Å². The van der Waals surface area contributed by atoms with E-state index >= 15 is 0 Å². The Morgan fingerprint density at radius 3 is 1.25 bits per heavy atom. The average Bonchev–Trinajstić information content (AvgIpc) is 3.29. The number of carbonyl (C=O) groups is 3. The Labute approximate surface area is 414 Å². The highest BCUT2D eigenvalue weighted by atomic mass is 16.6. The number of carboxylic acid groups (broad SMARTS) is 1. The summed E-state index contributed by atoms with van der Waals surface area (Å²) in [6.45, 7) is 4.66. The molecule has 67 heavy (non-hydrogen) atoms. The molecule has 0 spiro atoms. The van der Waals surface area contributed by atoms with Gasteiger partial charge in [-0.1, -0.05) is 217 Å². The van der Waals surface area contributed by atoms with Gasteiger partial charge in [0.05, 0.1) is 34.4 Å². The van der Waals surface area contributed by atoms with Crippen LogP contribution in [0.15, 0.2) is 48.6 Å². The Morgan fingerprint density at radius 2 is 0.836 bits per heavy atom. The van der Waals surface area contributed by atoms with Gasteiger partial charge in [0.2, 0.25) is 0 Å². The number of allylic oxidation sites excluding steroid dienone is 8. The summed E-state index contributed by atoms with van der Waals surface area (Å²) >= 11 is 0. The average molecular weight is 944 g/mol. The van der Waals surface area contributed by atoms with Gasteiger partial charge in [0, 0.05) is 19.3 Å². The third kappa shape index (κ3) is 48.1. The largest absolute Gasteiger partial charge is 0.477 e. The first-order valence-electron chi connectivity index (χ1n) is 28.2. The number of ether oxygens (including phenoxy) is 3. The lowest BCUT2D eigenvalue weighted by Gasteiger charge is -2.31. The third-order valence-electron chi connectivity index (χ3n) is 12.7. The maximum absolute atomic E-state index is 12.8. The second-order valence-corrected chi connectivity index (χ2v) is 20.2. The van der Waals surface area contributed by atoms with Crippen molar-refractivity contribution in [2.45, 2.75) is 270 Å². The van der Waals surface area contributed by atoms with E-state index in [0.29, 0.717) is 19.3 Å². The summed E-state index contributed by atoms with van der Waals surface area (Å²) in [6.07, 6.45) is 61.7. The molecule has 0 aromatic rings. The normalized spacial score (nSPS) is 13.1. The molecular weight excluding hydrogens is 835 g/mol. The lowest BCUT2D eigenvalue weighted by Crippen LogP contribution is -2.50. The number of nitrogens with zero attached hydrogens (tertiary/aromatic N) is 1. The summed E-state index contributed by atoms with van der Waals surface area (Å²) in [5.41, 5.74) is 0. The molecule has 0 aliphatic carbocycles. The van der Waals surface area contributed by atoms with E-state index in [4.69, 9.17) is 14.2 Å². The quantitative estimate of drug-likeness (QED) is 0.0281. The molecule has 0 aromatic carbocycles. The van der Waals surface area contributed by atoms with Gasteiger partial charge in [0.1, 0.15) is 6.61 Å². The predicted molar refractivity (Wildman–Crippen MR) is 284 cm³/mol. The number of likely N-dealkylation sites (N-methyl/N-ethyl adjacent to an activating group) is 1. The number of carbonyl (C=O) groups excluding carboxylic acids is 2. The fourth-order valence-electron chi connectivity index (χ4n) is 8.40. The lowest BCUT2D eigenvalue weighted by atomic mass is 10.0. The summed E-state index contributed by atoms with van der Waals surface area (Å²) in [6, 6.07) is -0.616. The van der Waals surface area contributed by atoms with Gasteiger partial charge in [-0.2, -0.15) is 0 Å². The van der Waals surface area contributed by atoms with Crippen molar-refractivity contribution in [1.29, 1.82) is 0 Å². The number of hydrogen-bond donors (Lipinski definition) is 1. The monoisotopic (exact) mass is 943 g/mol. The van der Waals surface area contributed by atoms with Gasteiger partial charge in [0.25, 0.3) is 0 Å². The third-order valence-corrected chi connectivity index (χ3v) is 12.7. The van der Waals surface area contributed by atoms with E-state index in [1.165, 1.54) is 167 Å². The van der Waals surface area contributed by atoms with Crippen LogP contribution in [0.4, 0.5) is 0 Å². The molecule has 0 heterocycles. The lowest BCUT2D eigenvalue weighted by molar-refractivity contribution is -0.887. The number of carboxylic acids is 1. The van der Waals surface area contributed by atoms with E-state index in [2.05, 4.69) is 62.5 Å². The van der Waals surface area contributed by atoms with Crippen LogP contribution in [0.25, 0.3) is 0 Å². The number of unbranched alkanes of at least 4 members (excludes halogenated alkanes) is 29. The fourth-order valence-corrected chi connectivity index (χ4v) is 8.40. The van der Waals surface area contributed by atoms with Gasteiger partial charge in [-0.3, -0.25) is 9.59 Å². The number of rotatable bonds is 51. The molecule has 0 radical (unpaired) electrons. The highest BCUT2D eigenvalue weighted by Crippen LogP contribution is 2.16. The maximum Gasteiger partial charge on any atom is 0.362 e. The van der Waals surface area contributed by atoms with Gasteiger partial charge in [-0.15, -0.1) is 0 Å². The molecule has 0 rings (SSSR count). The molecule has 8 heteroatoms. The minimum atomic E-state index is -0.873. The van der Waals surface area contributed by atoms with E-state index < -0.39 is 18.1 Å². The fraction of sp³-hybridized carbons (Fsp3) is 0.814. The van der Waals surface area contributed by atoms with E-state index in [9.17, 15) is 19.5 Å². The van der Waals surface area contributed by atoms with Crippen LogP contribution in [-0.2, 0) is 28.6 Å². The van der Waals surface area contributed by atoms with Crippen LogP contribution >= 0.6 is 0 Å². The Kier molecular flexibility index (Phi) is 47.7. The summed E-state index contributed by atoms with van der Waals surface area (Å²) in [5.74, 6) is -1.46. The van der Waals surface area contributed by atoms with E-state index in [1.807, 2.05) is 21.1 Å². The van der Waals surface area contributed by atoms with Crippen LogP contribution in [0.1, 0.15) is 258 Å². The summed E-state index contributed by atoms with van der Waals surface area (Å²) in [5, 5.41) is 9.67. The van der Waals surface area contributed by atoms with Crippen LogP contribution in [0.3, 0.4) is 0 Å². The van der Waals surface area contributed by atoms with Gasteiger partial charge >= 0.3 is 17.9 Å². The van der Waals surface area contributed by atoms with Crippen LogP contribution in [0.2, 0.25) is 0 Å². The van der Waals surface area contributed by atoms with Crippen molar-refractivity contribution >= 4 is 17.9 Å². The van der Waals surface area contributed by atoms with Gasteiger partial charge in [-0.05, 0) is 70.6 Å². The molecule has 2 unspecified atom stereocenters. The van der Waals surface area contributed by atoms with Crippen molar-refractivity contribution in [3.05, 3.63) is 48.6 Å². The molecule has 2 atom stereocenters. The Balaban J connectivity index is 4.17. The Bertz CT molecular complexity index is 1230. The standard InChI is InChI=1S/C59H107NO7/c1-6-8-10-12-14-16-18-20-22-24-26-28-29-30-32-33-35-37-39-41-43-45-47-49-57(61)66-54-55(53-65-52-51-56(59(63)64)60(3,4)5)67-58(62)50-48-46-44-42-40-38-36-34-31-27-25-23-21-19-17-15-13-11-9-7-2/h8,10,14,16,20,22,27,31,55-56H,6-7,9,11-13,15,17-19,21,23-26,28-30,32-54H2,1-5H3/p+1/b10-8+,16-14+,22-20+,31-27+. The van der Waals surface area contributed by atoms with Crippen molar-refractivity contribution in [3.8, 4) is 0 Å². The van der Waals surface area contributed by atoms with Crippen molar-refractivity contribution < 1.29 is 38.2 Å². The first-order chi connectivity index (χ1) is 32.6. The highest BCUT2D eigenvalue weighted by Gasteiger charge is 2.31. The first kappa shape index (κ1) is 64.3. The topological polar surface area (TPSA) is 99.1 Å². The maximum atomic E-state index is 12.8. The molecule has 390 valence electrons. The summed E-state index contributed by atoms with van der Waals surface area (Å²) in [7, 11) is 5.54. The van der Waals surface area contributed by atoms with E-state index in [-0.39, 0.29) is 36.2 Å². The minimum Gasteiger partial charge on any atom is -0.477 e. The van der Waals surface area contributed by atoms with Crippen molar-refractivity contribution in [3.63, 3.8) is 0 Å². The van der Waals surface area contributed by atoms with E-state index in [1.54, 1.807) is 0 Å². The molecule has 0 amide bonds. The summed E-state index contributed by atoms with van der Waals surface area (Å²) < 4.78 is 17.4. The van der Waals surface area contributed by atoms with E-state index in [0.717, 1.165) is 57.8 Å². The number of hydrogen-bond acceptors (Lipinski definition) is 6. The number of aliphatic carboxylic acids is 1. The molecule has 0 fully saturated rings. The molecule has 0 aromatic heterocycles. The zero-order valence-electron chi connectivity index (χ0n) is 44.6. The minimum absolute atomic E-state index is 0.0517. The second kappa shape index (κ2) is 49.7. The molecule has 0 aliphatic rings. The van der Waals surface area contributed by atoms with Crippen molar-refractivity contribution in [2.75, 3.05) is 41.0 Å². The molecule has 0 aliphatic heterocycles. The molecule has 1 N–H and O–H groups in total. The Hall–Kier alpha value is -2.71. The van der Waals surface area contributed by atoms with Gasteiger partial charge < -0.3 is 23.8 Å². The van der Waals surface area contributed by atoms with Crippen molar-refractivity contribution in [1.82, 2.24) is 0 Å². The van der Waals surface area contributed by atoms with Gasteiger partial charge in [-0.25, -0.2) is 4.79 Å². The Morgan fingerprint density at radius 1 is 0.463 bits per heavy atom. The molecular formula is C59H108NO7+. The highest BCUT2D eigenvalue weighted by molar-refractivity contribution is 5.72. The van der Waals surface area contributed by atoms with Gasteiger partial charge in [0.15, 0.2) is 12.1 Å². The molecule has 0 saturated carbocycles. The SMILES string of the molecule is CC/C=C/C/C=C/C/C=C/CCCCCCCCCCCCCCCC(=O)OCC(COCCC(C(=O)O)[N+](C)(C)C)OC(=O)CCCCCCCCC/C=C/CCCCCCCCCCC. The van der Waals surface area contributed by atoms with Crippen LogP contribution in [-0.4, -0.2) is 80.6 Å². The smallest absolute Gasteiger partial charge is 0.362 e. The number of esters is 2. The van der Waals surface area contributed by atoms with Crippen molar-refractivity contribution in [2.24, 2.45) is 0 Å². The summed E-state index contributed by atoms with van der Waals surface area (Å²) in [4.78, 5) is 37.3. The zero-order chi connectivity index (χ0) is 49.2. The zero-order valence-corrected chi connectivity index (χ0v) is 44.6. The predicted octanol–water partition coefficient (Wildman–Crippen LogP) is 16.7. The number of quaternary nitrogens is 1. The first-order valence-corrected chi connectivity index (χ1v) is 28.2. The van der Waals surface area contributed by atoms with Crippen LogP contribution < -0.4 is 0 Å². The molecule has 0 bridgehead atoms. The van der Waals surface area contributed by atoms with Crippen LogP contribution in [0, 0.1) is 0 Å². The second-order valence-electron chi connectivity index (χ2n) is 20.2. The molecule has 0 saturated heterocycles.